The third-order valence-corrected chi connectivity index (χ3v) is 3.75. The maximum Gasteiger partial charge on any atom is 0.190 e. The maximum atomic E-state index is 6.09. The molecule has 94 valence electrons. The van der Waals surface area contributed by atoms with Gasteiger partial charge in [0.05, 0.1) is 0 Å². The van der Waals surface area contributed by atoms with Gasteiger partial charge in [-0.15, -0.1) is 0 Å². The fourth-order valence-corrected chi connectivity index (χ4v) is 2.70. The summed E-state index contributed by atoms with van der Waals surface area (Å²) in [5.41, 5.74) is 6.09. The second-order valence-electron chi connectivity index (χ2n) is 4.26. The van der Waals surface area contributed by atoms with E-state index in [1.165, 1.54) is 24.6 Å². The monoisotopic (exact) mass is 272 g/mol. The lowest BCUT2D eigenvalue weighted by atomic mass is 9.91. The largest absolute Gasteiger partial charge is 0.366 e. The van der Waals surface area contributed by atoms with Crippen LogP contribution in [-0.4, -0.2) is 28.3 Å². The molecule has 1 aliphatic carbocycles. The Balaban J connectivity index is 2.09. The Labute approximate surface area is 111 Å². The van der Waals surface area contributed by atoms with E-state index in [-0.39, 0.29) is 6.04 Å². The maximum absolute atomic E-state index is 6.09. The summed E-state index contributed by atoms with van der Waals surface area (Å²) < 4.78 is 0. The van der Waals surface area contributed by atoms with Crippen LogP contribution >= 0.6 is 23.4 Å². The Kier molecular flexibility index (Phi) is 4.48. The van der Waals surface area contributed by atoms with E-state index in [9.17, 15) is 0 Å². The highest BCUT2D eigenvalue weighted by Crippen LogP contribution is 2.22. The molecule has 0 amide bonds. The summed E-state index contributed by atoms with van der Waals surface area (Å²) in [5, 5.41) is 4.53. The van der Waals surface area contributed by atoms with Crippen molar-refractivity contribution in [3.8, 4) is 0 Å². The predicted molar refractivity (Wildman–Crippen MR) is 72.7 cm³/mol. The molecule has 0 radical (unpaired) electrons. The summed E-state index contributed by atoms with van der Waals surface area (Å²) in [6.07, 6.45) is 6.55. The fraction of sp³-hybridized carbons (Fsp3) is 0.636. The first kappa shape index (κ1) is 12.9. The molecule has 1 fully saturated rings. The molecule has 0 aromatic carbocycles. The van der Waals surface area contributed by atoms with Gasteiger partial charge in [-0.2, -0.15) is 0 Å². The first-order valence-corrected chi connectivity index (χ1v) is 7.40. The topological polar surface area (TPSA) is 63.8 Å². The zero-order chi connectivity index (χ0) is 12.3. The van der Waals surface area contributed by atoms with Crippen molar-refractivity contribution in [2.75, 3.05) is 11.6 Å². The average molecular weight is 273 g/mol. The van der Waals surface area contributed by atoms with Crippen molar-refractivity contribution in [3.05, 3.63) is 11.2 Å². The lowest BCUT2D eigenvalue weighted by Crippen LogP contribution is -2.42. The molecule has 4 nitrogen and oxygen atoms in total. The van der Waals surface area contributed by atoms with E-state index in [1.54, 1.807) is 6.07 Å². The minimum Gasteiger partial charge on any atom is -0.366 e. The minimum absolute atomic E-state index is 0.204. The fourth-order valence-electron chi connectivity index (χ4n) is 2.09. The van der Waals surface area contributed by atoms with Crippen LogP contribution in [0.25, 0.3) is 0 Å². The number of hydrogen-bond donors (Lipinski definition) is 2. The van der Waals surface area contributed by atoms with Gasteiger partial charge in [0, 0.05) is 18.2 Å². The first-order chi connectivity index (χ1) is 8.19. The van der Waals surface area contributed by atoms with Gasteiger partial charge in [0.2, 0.25) is 0 Å². The van der Waals surface area contributed by atoms with Gasteiger partial charge in [0.1, 0.15) is 11.0 Å². The van der Waals surface area contributed by atoms with E-state index in [1.807, 2.05) is 6.26 Å². The summed E-state index contributed by atoms with van der Waals surface area (Å²) in [6, 6.07) is 2.25. The van der Waals surface area contributed by atoms with Crippen LogP contribution < -0.4 is 11.1 Å². The molecule has 2 atom stereocenters. The van der Waals surface area contributed by atoms with Gasteiger partial charge in [-0.1, -0.05) is 36.2 Å². The lowest BCUT2D eigenvalue weighted by Gasteiger charge is -2.29. The van der Waals surface area contributed by atoms with Crippen molar-refractivity contribution in [1.82, 2.24) is 9.97 Å². The molecular weight excluding hydrogens is 256 g/mol. The summed E-state index contributed by atoms with van der Waals surface area (Å²) in [7, 11) is 0. The van der Waals surface area contributed by atoms with Gasteiger partial charge in [0.15, 0.2) is 5.16 Å². The molecular formula is C11H17ClN4S. The highest BCUT2D eigenvalue weighted by atomic mass is 35.5. The Morgan fingerprint density at radius 3 is 2.88 bits per heavy atom. The molecule has 3 N–H and O–H groups in total. The number of anilines is 1. The molecule has 1 saturated carbocycles. The highest BCUT2D eigenvalue weighted by Gasteiger charge is 2.22. The number of nitrogens with two attached hydrogens (primary N) is 1. The Morgan fingerprint density at radius 2 is 2.18 bits per heavy atom. The number of aromatic nitrogens is 2. The molecule has 1 heterocycles. The molecule has 0 spiro atoms. The number of halogens is 1. The van der Waals surface area contributed by atoms with E-state index in [0.717, 1.165) is 18.7 Å². The number of hydrogen-bond acceptors (Lipinski definition) is 5. The van der Waals surface area contributed by atoms with Gasteiger partial charge in [-0.3, -0.25) is 0 Å². The number of nitrogens with one attached hydrogen (secondary N) is 1. The minimum atomic E-state index is 0.204. The third kappa shape index (κ3) is 3.47. The molecule has 0 saturated heterocycles. The van der Waals surface area contributed by atoms with Crippen LogP contribution in [0, 0.1) is 0 Å². The molecule has 1 aliphatic rings. The zero-order valence-electron chi connectivity index (χ0n) is 9.82. The van der Waals surface area contributed by atoms with Crippen LogP contribution in [0.2, 0.25) is 5.15 Å². The molecule has 2 rings (SSSR count). The molecule has 0 unspecified atom stereocenters. The Hall–Kier alpha value is -0.520. The van der Waals surface area contributed by atoms with Gasteiger partial charge < -0.3 is 11.1 Å². The van der Waals surface area contributed by atoms with Crippen LogP contribution in [0.1, 0.15) is 25.7 Å². The second-order valence-corrected chi connectivity index (χ2v) is 5.42. The van der Waals surface area contributed by atoms with Crippen molar-refractivity contribution in [2.45, 2.75) is 42.9 Å². The third-order valence-electron chi connectivity index (χ3n) is 3.01. The average Bonchev–Trinajstić information content (AvgIpc) is 2.31. The summed E-state index contributed by atoms with van der Waals surface area (Å²) in [5.74, 6) is 0.775. The van der Waals surface area contributed by atoms with Gasteiger partial charge in [0.25, 0.3) is 0 Å². The van der Waals surface area contributed by atoms with E-state index in [2.05, 4.69) is 15.3 Å². The summed E-state index contributed by atoms with van der Waals surface area (Å²) in [4.78, 5) is 8.49. The highest BCUT2D eigenvalue weighted by molar-refractivity contribution is 7.98. The van der Waals surface area contributed by atoms with Crippen LogP contribution in [0.15, 0.2) is 11.2 Å². The summed E-state index contributed by atoms with van der Waals surface area (Å²) >= 11 is 7.43. The van der Waals surface area contributed by atoms with E-state index >= 15 is 0 Å². The normalized spacial score (nSPS) is 24.6. The van der Waals surface area contributed by atoms with E-state index in [4.69, 9.17) is 17.3 Å². The second kappa shape index (κ2) is 5.89. The molecule has 1 aromatic heterocycles. The Morgan fingerprint density at radius 1 is 1.41 bits per heavy atom. The Bertz CT molecular complexity index is 388. The van der Waals surface area contributed by atoms with Crippen LogP contribution in [0.3, 0.4) is 0 Å². The molecule has 0 aliphatic heterocycles. The van der Waals surface area contributed by atoms with Gasteiger partial charge in [-0.25, -0.2) is 9.97 Å². The van der Waals surface area contributed by atoms with Crippen LogP contribution in [0.4, 0.5) is 5.82 Å². The quantitative estimate of drug-likeness (QED) is 0.503. The SMILES string of the molecule is CSc1nc(Cl)cc(N[C@H]2CCCC[C@@H]2N)n1. The lowest BCUT2D eigenvalue weighted by molar-refractivity contribution is 0.403. The van der Waals surface area contributed by atoms with Crippen molar-refractivity contribution in [1.29, 1.82) is 0 Å². The number of rotatable bonds is 3. The van der Waals surface area contributed by atoms with Crippen molar-refractivity contribution < 1.29 is 0 Å². The zero-order valence-corrected chi connectivity index (χ0v) is 11.4. The molecule has 0 bridgehead atoms. The van der Waals surface area contributed by atoms with E-state index < -0.39 is 0 Å². The van der Waals surface area contributed by atoms with Crippen molar-refractivity contribution >= 4 is 29.2 Å². The van der Waals surface area contributed by atoms with Gasteiger partial charge in [-0.05, 0) is 19.1 Å². The van der Waals surface area contributed by atoms with Crippen molar-refractivity contribution in [3.63, 3.8) is 0 Å². The molecule has 17 heavy (non-hydrogen) atoms. The smallest absolute Gasteiger partial charge is 0.190 e. The summed E-state index contributed by atoms with van der Waals surface area (Å²) in [6.45, 7) is 0. The molecule has 6 heteroatoms. The van der Waals surface area contributed by atoms with Crippen LogP contribution in [0.5, 0.6) is 0 Å². The number of thioether (sulfide) groups is 1. The first-order valence-electron chi connectivity index (χ1n) is 5.79. The number of nitrogens with zero attached hydrogens (tertiary/aromatic N) is 2. The van der Waals surface area contributed by atoms with Crippen LogP contribution in [-0.2, 0) is 0 Å². The van der Waals surface area contributed by atoms with Crippen molar-refractivity contribution in [2.24, 2.45) is 5.73 Å². The predicted octanol–water partition coefficient (Wildman–Crippen LogP) is 2.53. The molecule has 1 aromatic rings. The standard InChI is InChI=1S/C11H17ClN4S/c1-17-11-15-9(12)6-10(16-11)14-8-5-3-2-4-7(8)13/h6-8H,2-5,13H2,1H3,(H,14,15,16)/t7-,8-/m0/s1. The van der Waals surface area contributed by atoms with E-state index in [0.29, 0.717) is 16.4 Å². The van der Waals surface area contributed by atoms with Gasteiger partial charge >= 0.3 is 0 Å².